The molecule has 0 aromatic carbocycles. The smallest absolute Gasteiger partial charge is 0.252 e. The average molecular weight is 240 g/mol. The first-order chi connectivity index (χ1) is 7.77. The molecule has 3 atom stereocenters. The van der Waals surface area contributed by atoms with Crippen LogP contribution < -0.4 is 0 Å². The predicted molar refractivity (Wildman–Crippen MR) is 63.4 cm³/mol. The minimum atomic E-state index is -0.381. The van der Waals surface area contributed by atoms with Crippen LogP contribution >= 0.6 is 11.8 Å². The summed E-state index contributed by atoms with van der Waals surface area (Å²) in [6, 6.07) is -0.0654. The summed E-state index contributed by atoms with van der Waals surface area (Å²) in [5.74, 6) is 1.89. The number of rotatable bonds is 1. The van der Waals surface area contributed by atoms with Crippen molar-refractivity contribution in [3.8, 4) is 0 Å². The Bertz CT molecular complexity index is 345. The molecule has 88 valence electrons. The van der Waals surface area contributed by atoms with Gasteiger partial charge in [-0.3, -0.25) is 4.79 Å². The lowest BCUT2D eigenvalue weighted by molar-refractivity contribution is -0.137. The zero-order chi connectivity index (χ0) is 11.1. The fourth-order valence-electron chi connectivity index (χ4n) is 2.75. The molecule has 3 aliphatic rings. The lowest BCUT2D eigenvalue weighted by Gasteiger charge is -2.32. The number of amides is 1. The average Bonchev–Trinajstić information content (AvgIpc) is 2.83. The molecule has 5 heteroatoms. The molecule has 1 amide bonds. The highest BCUT2D eigenvalue weighted by Crippen LogP contribution is 2.33. The largest absolute Gasteiger partial charge is 0.391 e. The quantitative estimate of drug-likeness (QED) is 0.739. The van der Waals surface area contributed by atoms with Crippen LogP contribution in [0.4, 0.5) is 0 Å². The van der Waals surface area contributed by atoms with Crippen LogP contribution in [0.1, 0.15) is 25.7 Å². The van der Waals surface area contributed by atoms with Gasteiger partial charge in [-0.1, -0.05) is 12.8 Å². The number of hydrazone groups is 1. The molecule has 3 unspecified atom stereocenters. The number of nitrogens with zero attached hydrogens (tertiary/aromatic N) is 2. The van der Waals surface area contributed by atoms with Crippen molar-refractivity contribution in [2.24, 2.45) is 11.0 Å². The van der Waals surface area contributed by atoms with Crippen molar-refractivity contribution in [2.45, 2.75) is 37.8 Å². The molecule has 0 radical (unpaired) electrons. The Kier molecular flexibility index (Phi) is 2.67. The maximum atomic E-state index is 12.1. The monoisotopic (exact) mass is 240 g/mol. The predicted octanol–water partition coefficient (Wildman–Crippen LogP) is 0.851. The van der Waals surface area contributed by atoms with Crippen LogP contribution in [0.25, 0.3) is 0 Å². The number of carbonyl (C=O) groups excluding carboxylic acids is 1. The maximum absolute atomic E-state index is 12.1. The van der Waals surface area contributed by atoms with Gasteiger partial charge in [0.25, 0.3) is 5.91 Å². The third-order valence-corrected chi connectivity index (χ3v) is 4.77. The van der Waals surface area contributed by atoms with Crippen LogP contribution in [0.15, 0.2) is 5.10 Å². The summed E-state index contributed by atoms with van der Waals surface area (Å²) in [5.41, 5.74) is 1.02. The Labute approximate surface area is 99.1 Å². The van der Waals surface area contributed by atoms with Crippen LogP contribution in [-0.4, -0.2) is 45.4 Å². The first-order valence-corrected chi connectivity index (χ1v) is 7.09. The fraction of sp³-hybridized carbons (Fsp3) is 0.818. The Morgan fingerprint density at radius 3 is 2.94 bits per heavy atom. The highest BCUT2D eigenvalue weighted by molar-refractivity contribution is 8.00. The second-order valence-corrected chi connectivity index (χ2v) is 5.79. The summed E-state index contributed by atoms with van der Waals surface area (Å²) in [6.45, 7) is 0. The molecule has 16 heavy (non-hydrogen) atoms. The van der Waals surface area contributed by atoms with Crippen molar-refractivity contribution in [2.75, 3.05) is 11.5 Å². The molecule has 0 aromatic heterocycles. The zero-order valence-corrected chi connectivity index (χ0v) is 9.95. The van der Waals surface area contributed by atoms with Gasteiger partial charge in [0.2, 0.25) is 0 Å². The molecule has 2 aliphatic heterocycles. The van der Waals surface area contributed by atoms with Gasteiger partial charge in [-0.2, -0.15) is 16.9 Å². The SMILES string of the molecule is O=C1C2CSCC2=NN1C1CCCCC1O. The van der Waals surface area contributed by atoms with Crippen LogP contribution in [-0.2, 0) is 4.79 Å². The molecule has 1 aliphatic carbocycles. The van der Waals surface area contributed by atoms with Crippen molar-refractivity contribution in [3.05, 3.63) is 0 Å². The Morgan fingerprint density at radius 1 is 1.38 bits per heavy atom. The van der Waals surface area contributed by atoms with Crippen LogP contribution in [0.3, 0.4) is 0 Å². The minimum Gasteiger partial charge on any atom is -0.391 e. The summed E-state index contributed by atoms with van der Waals surface area (Å²) < 4.78 is 0. The number of aliphatic hydroxyl groups excluding tert-OH is 1. The Hall–Kier alpha value is -0.550. The molecule has 3 rings (SSSR count). The standard InChI is InChI=1S/C11H16N2O2S/c14-10-4-2-1-3-9(10)13-11(15)7-5-16-6-8(7)12-13/h7,9-10,14H,1-6H2. The van der Waals surface area contributed by atoms with E-state index in [1.807, 2.05) is 0 Å². The van der Waals surface area contributed by atoms with Gasteiger partial charge in [-0.25, -0.2) is 5.01 Å². The highest BCUT2D eigenvalue weighted by Gasteiger charge is 2.43. The Morgan fingerprint density at radius 2 is 2.19 bits per heavy atom. The van der Waals surface area contributed by atoms with Crippen LogP contribution in [0.5, 0.6) is 0 Å². The minimum absolute atomic E-state index is 0.0131. The molecule has 0 bridgehead atoms. The van der Waals surface area contributed by atoms with Gasteiger partial charge < -0.3 is 5.11 Å². The van der Waals surface area contributed by atoms with E-state index in [9.17, 15) is 9.90 Å². The normalized spacial score (nSPS) is 38.8. The van der Waals surface area contributed by atoms with Crippen molar-refractivity contribution < 1.29 is 9.90 Å². The van der Waals surface area contributed by atoms with Gasteiger partial charge in [0, 0.05) is 11.5 Å². The third-order valence-electron chi connectivity index (χ3n) is 3.70. The molecule has 0 spiro atoms. The number of hydrogen-bond acceptors (Lipinski definition) is 4. The van der Waals surface area contributed by atoms with Gasteiger partial charge in [-0.15, -0.1) is 0 Å². The molecule has 1 saturated heterocycles. The number of thioether (sulfide) groups is 1. The van der Waals surface area contributed by atoms with E-state index in [0.29, 0.717) is 0 Å². The summed E-state index contributed by atoms with van der Waals surface area (Å²) in [5, 5.41) is 16.0. The van der Waals surface area contributed by atoms with Crippen molar-refractivity contribution in [1.29, 1.82) is 0 Å². The number of aliphatic hydroxyl groups is 1. The second-order valence-electron chi connectivity index (χ2n) is 4.76. The van der Waals surface area contributed by atoms with Crippen molar-refractivity contribution in [3.63, 3.8) is 0 Å². The number of carbonyl (C=O) groups is 1. The summed E-state index contributed by atoms with van der Waals surface area (Å²) in [4.78, 5) is 12.1. The van der Waals surface area contributed by atoms with E-state index < -0.39 is 0 Å². The van der Waals surface area contributed by atoms with E-state index >= 15 is 0 Å². The van der Waals surface area contributed by atoms with Crippen LogP contribution in [0, 0.1) is 5.92 Å². The summed E-state index contributed by atoms with van der Waals surface area (Å²) >= 11 is 1.78. The third kappa shape index (κ3) is 1.57. The molecule has 0 aromatic rings. The second kappa shape index (κ2) is 4.04. The molecule has 2 heterocycles. The summed E-state index contributed by atoms with van der Waals surface area (Å²) in [6.07, 6.45) is 3.47. The van der Waals surface area contributed by atoms with Gasteiger partial charge in [0.05, 0.1) is 23.8 Å². The molecule has 4 nitrogen and oxygen atoms in total. The van der Waals surface area contributed by atoms with E-state index in [1.54, 1.807) is 16.8 Å². The lowest BCUT2D eigenvalue weighted by Crippen LogP contribution is -2.45. The van der Waals surface area contributed by atoms with E-state index in [4.69, 9.17) is 0 Å². The van der Waals surface area contributed by atoms with Crippen molar-refractivity contribution in [1.82, 2.24) is 5.01 Å². The van der Waals surface area contributed by atoms with E-state index in [1.165, 1.54) is 0 Å². The summed E-state index contributed by atoms with van der Waals surface area (Å²) in [7, 11) is 0. The van der Waals surface area contributed by atoms with E-state index in [2.05, 4.69) is 5.10 Å². The fourth-order valence-corrected chi connectivity index (χ4v) is 3.91. The number of hydrogen-bond donors (Lipinski definition) is 1. The van der Waals surface area contributed by atoms with Gasteiger partial charge in [0.15, 0.2) is 0 Å². The molecular weight excluding hydrogens is 224 g/mol. The molecular formula is C11H16N2O2S. The molecule has 1 N–H and O–H groups in total. The van der Waals surface area contributed by atoms with Crippen LogP contribution in [0.2, 0.25) is 0 Å². The van der Waals surface area contributed by atoms with Gasteiger partial charge in [0.1, 0.15) is 0 Å². The first kappa shape index (κ1) is 10.6. The first-order valence-electron chi connectivity index (χ1n) is 5.93. The number of fused-ring (bicyclic) bond motifs is 1. The van der Waals surface area contributed by atoms with Crippen molar-refractivity contribution >= 4 is 23.4 Å². The zero-order valence-electron chi connectivity index (χ0n) is 9.13. The topological polar surface area (TPSA) is 52.9 Å². The van der Waals surface area contributed by atoms with Gasteiger partial charge in [-0.05, 0) is 12.8 Å². The maximum Gasteiger partial charge on any atom is 0.252 e. The molecule has 1 saturated carbocycles. The van der Waals surface area contributed by atoms with Gasteiger partial charge >= 0.3 is 0 Å². The highest BCUT2D eigenvalue weighted by atomic mass is 32.2. The lowest BCUT2D eigenvalue weighted by atomic mass is 9.92. The Balaban J connectivity index is 1.80. The van der Waals surface area contributed by atoms with E-state index in [0.717, 1.165) is 42.9 Å². The van der Waals surface area contributed by atoms with E-state index in [-0.39, 0.29) is 24.0 Å². The molecule has 2 fully saturated rings.